The summed E-state index contributed by atoms with van der Waals surface area (Å²) in [5.41, 5.74) is -0.511. The highest BCUT2D eigenvalue weighted by Gasteiger charge is 2.40. The van der Waals surface area contributed by atoms with E-state index >= 15 is 0 Å². The normalized spacial score (nSPS) is 17.2. The average molecular weight is 662 g/mol. The van der Waals surface area contributed by atoms with Gasteiger partial charge >= 0.3 is 0 Å². The molecule has 2 heterocycles. The number of aromatic nitrogens is 1. The van der Waals surface area contributed by atoms with Crippen molar-refractivity contribution in [2.24, 2.45) is 11.0 Å². The number of amides is 2. The molecule has 0 radical (unpaired) electrons. The summed E-state index contributed by atoms with van der Waals surface area (Å²) in [6.07, 6.45) is 3.06. The van der Waals surface area contributed by atoms with Gasteiger partial charge < -0.3 is 10.6 Å². The number of nitrogens with zero attached hydrogens (tertiary/aromatic N) is 4. The van der Waals surface area contributed by atoms with Crippen molar-refractivity contribution in [3.63, 3.8) is 0 Å². The standard InChI is InChI=1S/C28H26Cl2N6O7S/c1-14-11-17(29)12-18(27(37)32-15(2)16-8-9-16)25(14)33-28(38)22-13-20(34-35(22)26-19(30)5-4-10-31-26)24-21(36(39)40)6-3-7-23(24)44(41,42)43/h3-7,10-12,15-16,22H,8-9,13H2,1-2H3,(H,32,37)(H,33,38)(H,41,42,43). The molecular formula is C28H26Cl2N6O7S. The second kappa shape index (κ2) is 12.1. The number of hydrogen-bond donors (Lipinski definition) is 3. The number of aryl methyl sites for hydroxylation is 1. The highest BCUT2D eigenvalue weighted by molar-refractivity contribution is 7.86. The lowest BCUT2D eigenvalue weighted by atomic mass is 10.0. The van der Waals surface area contributed by atoms with Gasteiger partial charge in [-0.05, 0) is 68.5 Å². The van der Waals surface area contributed by atoms with Crippen molar-refractivity contribution >= 4 is 68.0 Å². The van der Waals surface area contributed by atoms with E-state index in [0.717, 1.165) is 36.0 Å². The molecular weight excluding hydrogens is 635 g/mol. The van der Waals surface area contributed by atoms with Crippen LogP contribution in [0.25, 0.3) is 0 Å². The molecule has 1 fully saturated rings. The van der Waals surface area contributed by atoms with Gasteiger partial charge in [0.2, 0.25) is 5.91 Å². The number of pyridine rings is 1. The summed E-state index contributed by atoms with van der Waals surface area (Å²) < 4.78 is 34.4. The van der Waals surface area contributed by atoms with E-state index in [4.69, 9.17) is 23.2 Å². The predicted octanol–water partition coefficient (Wildman–Crippen LogP) is 5.00. The molecule has 0 bridgehead atoms. The number of rotatable bonds is 9. The topological polar surface area (TPSA) is 184 Å². The Morgan fingerprint density at radius 1 is 1.18 bits per heavy atom. The third-order valence-corrected chi connectivity index (χ3v) is 8.83. The quantitative estimate of drug-likeness (QED) is 0.161. The van der Waals surface area contributed by atoms with Gasteiger partial charge in [0, 0.05) is 29.7 Å². The zero-order valence-electron chi connectivity index (χ0n) is 23.3. The van der Waals surface area contributed by atoms with Crippen molar-refractivity contribution in [2.75, 3.05) is 10.3 Å². The average Bonchev–Trinajstić information content (AvgIpc) is 3.72. The first kappa shape index (κ1) is 31.3. The van der Waals surface area contributed by atoms with E-state index < -0.39 is 49.0 Å². The summed E-state index contributed by atoms with van der Waals surface area (Å²) in [5, 5.41) is 23.5. The molecule has 1 aliphatic carbocycles. The van der Waals surface area contributed by atoms with Crippen LogP contribution >= 0.6 is 23.2 Å². The SMILES string of the molecule is Cc1cc(Cl)cc(C(=O)NC(C)C2CC2)c1NC(=O)C1CC(c2c([N+](=O)[O-])cccc2S(=O)(=O)O)=NN1c1ncccc1Cl. The number of nitro groups is 1. The van der Waals surface area contributed by atoms with Crippen molar-refractivity contribution < 1.29 is 27.5 Å². The molecule has 1 aromatic heterocycles. The largest absolute Gasteiger partial charge is 0.349 e. The molecule has 13 nitrogen and oxygen atoms in total. The van der Waals surface area contributed by atoms with E-state index in [1.807, 2.05) is 6.92 Å². The summed E-state index contributed by atoms with van der Waals surface area (Å²) in [5.74, 6) is -0.749. The van der Waals surface area contributed by atoms with Crippen LogP contribution in [-0.2, 0) is 14.9 Å². The second-order valence-electron chi connectivity index (χ2n) is 10.5. The lowest BCUT2D eigenvalue weighted by molar-refractivity contribution is -0.385. The Bertz CT molecular complexity index is 1830. The summed E-state index contributed by atoms with van der Waals surface area (Å²) in [6, 6.07) is 7.87. The van der Waals surface area contributed by atoms with Crippen LogP contribution in [0.4, 0.5) is 17.2 Å². The summed E-state index contributed by atoms with van der Waals surface area (Å²) in [4.78, 5) is 41.8. The van der Waals surface area contributed by atoms with E-state index in [0.29, 0.717) is 11.5 Å². The van der Waals surface area contributed by atoms with Crippen molar-refractivity contribution in [2.45, 2.75) is 50.1 Å². The first-order valence-corrected chi connectivity index (χ1v) is 15.6. The number of carbonyl (C=O) groups is 2. The Morgan fingerprint density at radius 2 is 1.91 bits per heavy atom. The Kier molecular flexibility index (Phi) is 8.62. The highest BCUT2D eigenvalue weighted by atomic mass is 35.5. The molecule has 44 heavy (non-hydrogen) atoms. The van der Waals surface area contributed by atoms with Crippen LogP contribution in [0.5, 0.6) is 0 Å². The molecule has 16 heteroatoms. The second-order valence-corrected chi connectivity index (χ2v) is 12.8. The number of anilines is 2. The maximum absolute atomic E-state index is 14.0. The van der Waals surface area contributed by atoms with Crippen LogP contribution in [0.15, 0.2) is 58.7 Å². The Labute approximate surface area is 262 Å². The van der Waals surface area contributed by atoms with E-state index in [1.54, 1.807) is 19.1 Å². The van der Waals surface area contributed by atoms with Crippen LogP contribution in [0.2, 0.25) is 10.0 Å². The van der Waals surface area contributed by atoms with Gasteiger partial charge in [-0.1, -0.05) is 29.3 Å². The molecule has 230 valence electrons. The number of hydrogen-bond acceptors (Lipinski definition) is 9. The van der Waals surface area contributed by atoms with Gasteiger partial charge in [-0.25, -0.2) is 9.99 Å². The number of halogens is 2. The molecule has 1 aliphatic heterocycles. The Morgan fingerprint density at radius 3 is 2.55 bits per heavy atom. The van der Waals surface area contributed by atoms with Gasteiger partial charge in [0.15, 0.2) is 5.82 Å². The van der Waals surface area contributed by atoms with Gasteiger partial charge in [0.25, 0.3) is 21.7 Å². The highest BCUT2D eigenvalue weighted by Crippen LogP contribution is 2.37. The fourth-order valence-electron chi connectivity index (χ4n) is 5.08. The summed E-state index contributed by atoms with van der Waals surface area (Å²) >= 11 is 12.7. The van der Waals surface area contributed by atoms with Crippen molar-refractivity contribution in [3.05, 3.63) is 85.5 Å². The molecule has 1 saturated carbocycles. The van der Waals surface area contributed by atoms with Gasteiger partial charge in [0.05, 0.1) is 32.5 Å². The van der Waals surface area contributed by atoms with Crippen molar-refractivity contribution in [3.8, 4) is 0 Å². The zero-order chi connectivity index (χ0) is 31.9. The summed E-state index contributed by atoms with van der Waals surface area (Å²) in [7, 11) is -4.94. The van der Waals surface area contributed by atoms with Crippen molar-refractivity contribution in [1.29, 1.82) is 0 Å². The van der Waals surface area contributed by atoms with E-state index in [1.165, 1.54) is 18.3 Å². The van der Waals surface area contributed by atoms with E-state index in [9.17, 15) is 32.7 Å². The minimum Gasteiger partial charge on any atom is -0.349 e. The fourth-order valence-corrected chi connectivity index (χ4v) is 6.29. The molecule has 0 saturated heterocycles. The van der Waals surface area contributed by atoms with Crippen molar-refractivity contribution in [1.82, 2.24) is 10.3 Å². The molecule has 2 aliphatic rings. The summed E-state index contributed by atoms with van der Waals surface area (Å²) in [6.45, 7) is 3.57. The van der Waals surface area contributed by atoms with Gasteiger partial charge in [-0.2, -0.15) is 13.5 Å². The monoisotopic (exact) mass is 660 g/mol. The van der Waals surface area contributed by atoms with Crippen LogP contribution in [-0.4, -0.2) is 52.5 Å². The Balaban J connectivity index is 1.56. The maximum atomic E-state index is 14.0. The molecule has 5 rings (SSSR count). The lowest BCUT2D eigenvalue weighted by Gasteiger charge is -2.24. The molecule has 2 amide bonds. The maximum Gasteiger partial charge on any atom is 0.295 e. The minimum absolute atomic E-state index is 0.0142. The lowest BCUT2D eigenvalue weighted by Crippen LogP contribution is -2.40. The van der Waals surface area contributed by atoms with Crippen LogP contribution in [0, 0.1) is 23.0 Å². The third kappa shape index (κ3) is 6.38. The Hall–Kier alpha value is -4.11. The molecule has 2 atom stereocenters. The van der Waals surface area contributed by atoms with Gasteiger partial charge in [-0.15, -0.1) is 0 Å². The smallest absolute Gasteiger partial charge is 0.295 e. The van der Waals surface area contributed by atoms with Crippen LogP contribution < -0.4 is 15.6 Å². The first-order chi connectivity index (χ1) is 20.8. The fraction of sp³-hybridized carbons (Fsp3) is 0.286. The molecule has 2 aromatic carbocycles. The molecule has 2 unspecified atom stereocenters. The first-order valence-electron chi connectivity index (χ1n) is 13.4. The zero-order valence-corrected chi connectivity index (χ0v) is 25.7. The van der Waals surface area contributed by atoms with Crippen LogP contribution in [0.3, 0.4) is 0 Å². The molecule has 3 N–H and O–H groups in total. The number of nitrogens with one attached hydrogen (secondary N) is 2. The number of nitro benzene ring substituents is 1. The minimum atomic E-state index is -4.94. The molecule has 0 spiro atoms. The van der Waals surface area contributed by atoms with Gasteiger partial charge in [0.1, 0.15) is 10.9 Å². The van der Waals surface area contributed by atoms with E-state index in [2.05, 4.69) is 20.7 Å². The van der Waals surface area contributed by atoms with E-state index in [-0.39, 0.29) is 45.3 Å². The molecule has 3 aromatic rings. The third-order valence-electron chi connectivity index (χ3n) is 7.42. The van der Waals surface area contributed by atoms with Crippen LogP contribution in [0.1, 0.15) is 47.7 Å². The number of benzene rings is 2. The number of hydrazone groups is 1. The number of carbonyl (C=O) groups excluding carboxylic acids is 2. The predicted molar refractivity (Wildman–Crippen MR) is 164 cm³/mol. The van der Waals surface area contributed by atoms with Gasteiger partial charge in [-0.3, -0.25) is 24.3 Å².